The van der Waals surface area contributed by atoms with Gasteiger partial charge in [-0.1, -0.05) is 26.2 Å². The summed E-state index contributed by atoms with van der Waals surface area (Å²) < 4.78 is 26.1. The highest BCUT2D eigenvalue weighted by molar-refractivity contribution is 7.90. The van der Waals surface area contributed by atoms with E-state index in [9.17, 15) is 8.42 Å². The summed E-state index contributed by atoms with van der Waals surface area (Å²) in [7, 11) is -3.55. The Kier molecular flexibility index (Phi) is 4.92. The molecule has 0 aromatic rings. The van der Waals surface area contributed by atoms with Crippen LogP contribution in [0, 0.1) is 11.3 Å². The molecule has 0 bridgehead atoms. The lowest BCUT2D eigenvalue weighted by Gasteiger charge is -2.33. The lowest BCUT2D eigenvalue weighted by atomic mass is 9.83. The number of nitrogens with one attached hydrogen (secondary N) is 1. The van der Waals surface area contributed by atoms with Crippen LogP contribution in [0.5, 0.6) is 0 Å². The van der Waals surface area contributed by atoms with Gasteiger partial charge < -0.3 is 5.73 Å². The largest absolute Gasteiger partial charge is 0.324 e. The van der Waals surface area contributed by atoms with Gasteiger partial charge in [0.15, 0.2) is 5.25 Å². The maximum absolute atomic E-state index is 11.8. The molecule has 0 aromatic carbocycles. The second-order valence-corrected chi connectivity index (χ2v) is 6.76. The van der Waals surface area contributed by atoms with Crippen molar-refractivity contribution in [1.82, 2.24) is 4.72 Å². The van der Waals surface area contributed by atoms with E-state index in [2.05, 4.69) is 4.72 Å². The number of sulfonamides is 1. The van der Waals surface area contributed by atoms with Crippen molar-refractivity contribution in [2.45, 2.75) is 56.2 Å². The summed E-state index contributed by atoms with van der Waals surface area (Å²) in [6, 6.07) is 1.80. The molecule has 98 valence electrons. The first-order chi connectivity index (χ1) is 7.93. The highest BCUT2D eigenvalue weighted by Gasteiger charge is 2.31. The third-order valence-electron chi connectivity index (χ3n) is 3.36. The van der Waals surface area contributed by atoms with E-state index in [1.54, 1.807) is 13.0 Å². The molecular formula is C11H21N3O2S. The Balaban J connectivity index is 2.58. The van der Waals surface area contributed by atoms with Gasteiger partial charge in [-0.25, -0.2) is 13.1 Å². The first-order valence-corrected chi connectivity index (χ1v) is 7.65. The zero-order valence-corrected chi connectivity index (χ0v) is 11.1. The van der Waals surface area contributed by atoms with Crippen molar-refractivity contribution in [2.24, 2.45) is 5.73 Å². The summed E-state index contributed by atoms with van der Waals surface area (Å²) in [4.78, 5) is 0. The molecule has 1 unspecified atom stereocenters. The van der Waals surface area contributed by atoms with Gasteiger partial charge in [-0.2, -0.15) is 5.26 Å². The van der Waals surface area contributed by atoms with Crippen LogP contribution >= 0.6 is 0 Å². The van der Waals surface area contributed by atoms with E-state index in [1.165, 1.54) is 6.42 Å². The maximum atomic E-state index is 11.8. The monoisotopic (exact) mass is 259 g/mol. The number of nitrogens with zero attached hydrogens (tertiary/aromatic N) is 1. The number of nitriles is 1. The zero-order valence-electron chi connectivity index (χ0n) is 10.3. The predicted octanol–water partition coefficient (Wildman–Crippen LogP) is 0.870. The molecule has 1 atom stereocenters. The van der Waals surface area contributed by atoms with E-state index < -0.39 is 20.8 Å². The van der Waals surface area contributed by atoms with Gasteiger partial charge in [0, 0.05) is 12.1 Å². The molecule has 0 heterocycles. The molecule has 6 heteroatoms. The number of hydrogen-bond acceptors (Lipinski definition) is 4. The Bertz CT molecular complexity index is 380. The fourth-order valence-electron chi connectivity index (χ4n) is 2.16. The molecule has 0 amide bonds. The van der Waals surface area contributed by atoms with Crippen LogP contribution in [-0.4, -0.2) is 25.8 Å². The van der Waals surface area contributed by atoms with Crippen LogP contribution in [-0.2, 0) is 10.0 Å². The van der Waals surface area contributed by atoms with E-state index in [4.69, 9.17) is 11.0 Å². The summed E-state index contributed by atoms with van der Waals surface area (Å²) in [5.41, 5.74) is 5.71. The van der Waals surface area contributed by atoms with Crippen LogP contribution in [0.4, 0.5) is 0 Å². The Morgan fingerprint density at radius 3 is 2.47 bits per heavy atom. The number of hydrogen-bond donors (Lipinski definition) is 2. The molecule has 0 spiro atoms. The first-order valence-electron chi connectivity index (χ1n) is 6.10. The second kappa shape index (κ2) is 5.80. The van der Waals surface area contributed by atoms with Gasteiger partial charge in [0.1, 0.15) is 0 Å². The van der Waals surface area contributed by atoms with Crippen LogP contribution < -0.4 is 10.5 Å². The standard InChI is InChI=1S/C11H21N3O2S/c1-2-10(8-12)17(15,16)14-9-11(13)6-4-3-5-7-11/h10,14H,2-7,9,13H2,1H3. The average Bonchev–Trinajstić information content (AvgIpc) is 2.29. The number of rotatable bonds is 5. The second-order valence-electron chi connectivity index (χ2n) is 4.82. The molecule has 1 aliphatic rings. The number of nitrogens with two attached hydrogens (primary N) is 1. The molecule has 1 saturated carbocycles. The van der Waals surface area contributed by atoms with Gasteiger partial charge in [-0.05, 0) is 19.3 Å². The van der Waals surface area contributed by atoms with Crippen LogP contribution in [0.2, 0.25) is 0 Å². The normalized spacial score (nSPS) is 21.7. The minimum absolute atomic E-state index is 0.244. The van der Waals surface area contributed by atoms with Crippen LogP contribution in [0.25, 0.3) is 0 Å². The van der Waals surface area contributed by atoms with Crippen molar-refractivity contribution in [3.8, 4) is 6.07 Å². The molecule has 0 aliphatic heterocycles. The molecule has 17 heavy (non-hydrogen) atoms. The summed E-state index contributed by atoms with van der Waals surface area (Å²) >= 11 is 0. The highest BCUT2D eigenvalue weighted by Crippen LogP contribution is 2.25. The third-order valence-corrected chi connectivity index (χ3v) is 5.10. The van der Waals surface area contributed by atoms with Gasteiger partial charge in [0.25, 0.3) is 0 Å². The molecule has 0 aromatic heterocycles. The van der Waals surface area contributed by atoms with E-state index >= 15 is 0 Å². The van der Waals surface area contributed by atoms with Crippen molar-refractivity contribution >= 4 is 10.0 Å². The minimum atomic E-state index is -3.55. The molecule has 1 aliphatic carbocycles. The van der Waals surface area contributed by atoms with Gasteiger partial charge in [-0.15, -0.1) is 0 Å². The Labute approximate surface area is 103 Å². The molecular weight excluding hydrogens is 238 g/mol. The van der Waals surface area contributed by atoms with Gasteiger partial charge in [0.05, 0.1) is 6.07 Å². The summed E-state index contributed by atoms with van der Waals surface area (Å²) in [5, 5.41) is 7.79. The molecule has 3 N–H and O–H groups in total. The van der Waals surface area contributed by atoms with Crippen LogP contribution in [0.15, 0.2) is 0 Å². The van der Waals surface area contributed by atoms with Crippen LogP contribution in [0.1, 0.15) is 45.4 Å². The van der Waals surface area contributed by atoms with Crippen molar-refractivity contribution in [2.75, 3.05) is 6.54 Å². The topological polar surface area (TPSA) is 96.0 Å². The SMILES string of the molecule is CCC(C#N)S(=O)(=O)NCC1(N)CCCCC1. The average molecular weight is 259 g/mol. The van der Waals surface area contributed by atoms with Gasteiger partial charge >= 0.3 is 0 Å². The van der Waals surface area contributed by atoms with E-state index in [0.29, 0.717) is 6.42 Å². The lowest BCUT2D eigenvalue weighted by Crippen LogP contribution is -2.52. The first kappa shape index (κ1) is 14.4. The smallest absolute Gasteiger partial charge is 0.228 e. The zero-order chi connectivity index (χ0) is 12.9. The van der Waals surface area contributed by atoms with Crippen molar-refractivity contribution in [3.05, 3.63) is 0 Å². The summed E-state index contributed by atoms with van der Waals surface area (Å²) in [6.45, 7) is 1.93. The van der Waals surface area contributed by atoms with Crippen molar-refractivity contribution in [1.29, 1.82) is 5.26 Å². The maximum Gasteiger partial charge on any atom is 0.228 e. The molecule has 1 fully saturated rings. The van der Waals surface area contributed by atoms with Crippen LogP contribution in [0.3, 0.4) is 0 Å². The van der Waals surface area contributed by atoms with Crippen molar-refractivity contribution < 1.29 is 8.42 Å². The fourth-order valence-corrected chi connectivity index (χ4v) is 3.43. The van der Waals surface area contributed by atoms with E-state index in [0.717, 1.165) is 25.7 Å². The summed E-state index contributed by atoms with van der Waals surface area (Å²) in [5.74, 6) is 0. The van der Waals surface area contributed by atoms with E-state index in [-0.39, 0.29) is 6.54 Å². The predicted molar refractivity (Wildman–Crippen MR) is 66.6 cm³/mol. The van der Waals surface area contributed by atoms with Crippen molar-refractivity contribution in [3.63, 3.8) is 0 Å². The van der Waals surface area contributed by atoms with Gasteiger partial charge in [-0.3, -0.25) is 0 Å². The quantitative estimate of drug-likeness (QED) is 0.765. The molecule has 1 rings (SSSR count). The Morgan fingerprint density at radius 2 is 2.00 bits per heavy atom. The minimum Gasteiger partial charge on any atom is -0.324 e. The third kappa shape index (κ3) is 3.95. The molecule has 0 saturated heterocycles. The fraction of sp³-hybridized carbons (Fsp3) is 0.909. The molecule has 5 nitrogen and oxygen atoms in total. The summed E-state index contributed by atoms with van der Waals surface area (Å²) in [6.07, 6.45) is 5.25. The molecule has 0 radical (unpaired) electrons. The Morgan fingerprint density at radius 1 is 1.41 bits per heavy atom. The van der Waals surface area contributed by atoms with Gasteiger partial charge in [0.2, 0.25) is 10.0 Å². The Hall–Kier alpha value is -0.640. The lowest BCUT2D eigenvalue weighted by molar-refractivity contribution is 0.296. The van der Waals surface area contributed by atoms with E-state index in [1.807, 2.05) is 0 Å². The highest BCUT2D eigenvalue weighted by atomic mass is 32.2.